The van der Waals surface area contributed by atoms with Crippen LogP contribution in [-0.2, 0) is 6.54 Å². The maximum absolute atomic E-state index is 4.89. The van der Waals surface area contributed by atoms with Crippen molar-refractivity contribution < 1.29 is 4.52 Å². The van der Waals surface area contributed by atoms with Gasteiger partial charge in [-0.2, -0.15) is 4.98 Å². The lowest BCUT2D eigenvalue weighted by Gasteiger charge is -2.22. The fraction of sp³-hybridized carbons (Fsp3) is 0.800. The van der Waals surface area contributed by atoms with Crippen molar-refractivity contribution in [2.24, 2.45) is 5.92 Å². The van der Waals surface area contributed by atoms with Gasteiger partial charge in [-0.1, -0.05) is 5.16 Å². The first-order valence-electron chi connectivity index (χ1n) is 5.55. The molecule has 0 aromatic carbocycles. The van der Waals surface area contributed by atoms with Crippen molar-refractivity contribution in [2.75, 3.05) is 19.6 Å². The number of nitrogens with zero attached hydrogens (tertiary/aromatic N) is 2. The molecule has 5 nitrogen and oxygen atoms in total. The molecule has 5 heteroatoms. The lowest BCUT2D eigenvalue weighted by Crippen LogP contribution is -2.35. The van der Waals surface area contributed by atoms with Gasteiger partial charge >= 0.3 is 0 Å². The van der Waals surface area contributed by atoms with Crippen LogP contribution in [0.3, 0.4) is 0 Å². The average molecular weight is 210 g/mol. The molecule has 1 fully saturated rings. The maximum Gasteiger partial charge on any atom is 0.223 e. The van der Waals surface area contributed by atoms with Crippen molar-refractivity contribution in [2.45, 2.75) is 26.3 Å². The Morgan fingerprint density at radius 2 is 2.53 bits per heavy atom. The van der Waals surface area contributed by atoms with Gasteiger partial charge in [0.1, 0.15) is 0 Å². The van der Waals surface area contributed by atoms with Crippen LogP contribution in [0.1, 0.15) is 24.6 Å². The number of nitrogens with one attached hydrogen (secondary N) is 2. The molecule has 0 spiro atoms. The van der Waals surface area contributed by atoms with Crippen LogP contribution >= 0.6 is 0 Å². The van der Waals surface area contributed by atoms with Gasteiger partial charge < -0.3 is 15.2 Å². The van der Waals surface area contributed by atoms with Crippen LogP contribution in [0.2, 0.25) is 0 Å². The Kier molecular flexibility index (Phi) is 3.69. The molecule has 1 aliphatic rings. The molecule has 0 bridgehead atoms. The third-order valence-electron chi connectivity index (χ3n) is 2.68. The second kappa shape index (κ2) is 5.23. The van der Waals surface area contributed by atoms with E-state index >= 15 is 0 Å². The minimum atomic E-state index is 0.631. The molecule has 1 unspecified atom stereocenters. The second-order valence-corrected chi connectivity index (χ2v) is 4.07. The molecule has 15 heavy (non-hydrogen) atoms. The van der Waals surface area contributed by atoms with Gasteiger partial charge in [-0.15, -0.1) is 0 Å². The molecule has 84 valence electrons. The number of hydrogen-bond donors (Lipinski definition) is 2. The normalized spacial score (nSPS) is 21.8. The van der Waals surface area contributed by atoms with E-state index in [1.165, 1.54) is 19.4 Å². The van der Waals surface area contributed by atoms with E-state index in [0.717, 1.165) is 24.8 Å². The highest BCUT2D eigenvalue weighted by Gasteiger charge is 2.12. The van der Waals surface area contributed by atoms with E-state index in [9.17, 15) is 0 Å². The van der Waals surface area contributed by atoms with E-state index in [-0.39, 0.29) is 0 Å². The van der Waals surface area contributed by atoms with E-state index in [1.807, 2.05) is 6.92 Å². The summed E-state index contributed by atoms with van der Waals surface area (Å²) in [5, 5.41) is 10.6. The highest BCUT2D eigenvalue weighted by atomic mass is 16.5. The van der Waals surface area contributed by atoms with Gasteiger partial charge in [-0.05, 0) is 38.4 Å². The van der Waals surface area contributed by atoms with E-state index in [1.54, 1.807) is 0 Å². The molecular formula is C10H18N4O. The van der Waals surface area contributed by atoms with Crippen molar-refractivity contribution in [3.63, 3.8) is 0 Å². The molecule has 0 saturated carbocycles. The fourth-order valence-electron chi connectivity index (χ4n) is 1.90. The van der Waals surface area contributed by atoms with E-state index < -0.39 is 0 Å². The van der Waals surface area contributed by atoms with Gasteiger partial charge in [0.2, 0.25) is 5.89 Å². The number of piperidine rings is 1. The van der Waals surface area contributed by atoms with E-state index in [0.29, 0.717) is 12.4 Å². The van der Waals surface area contributed by atoms with Crippen molar-refractivity contribution in [1.82, 2.24) is 20.8 Å². The Morgan fingerprint density at radius 1 is 1.60 bits per heavy atom. The van der Waals surface area contributed by atoms with Crippen LogP contribution in [0.5, 0.6) is 0 Å². The van der Waals surface area contributed by atoms with Crippen LogP contribution in [0.15, 0.2) is 4.52 Å². The minimum absolute atomic E-state index is 0.631. The zero-order chi connectivity index (χ0) is 10.5. The summed E-state index contributed by atoms with van der Waals surface area (Å²) in [6, 6.07) is 0. The van der Waals surface area contributed by atoms with Crippen LogP contribution in [0.25, 0.3) is 0 Å². The third kappa shape index (κ3) is 3.28. The Morgan fingerprint density at radius 3 is 3.20 bits per heavy atom. The molecule has 2 N–H and O–H groups in total. The summed E-state index contributed by atoms with van der Waals surface area (Å²) in [6.45, 7) is 5.83. The predicted octanol–water partition coefficient (Wildman–Crippen LogP) is 0.467. The van der Waals surface area contributed by atoms with Crippen LogP contribution in [0, 0.1) is 12.8 Å². The molecule has 1 atom stereocenters. The molecule has 0 amide bonds. The fourth-order valence-corrected chi connectivity index (χ4v) is 1.90. The Hall–Kier alpha value is -0.940. The van der Waals surface area contributed by atoms with Crippen molar-refractivity contribution >= 4 is 0 Å². The van der Waals surface area contributed by atoms with Crippen LogP contribution < -0.4 is 10.6 Å². The maximum atomic E-state index is 4.89. The molecule has 2 heterocycles. The number of hydrogen-bond acceptors (Lipinski definition) is 5. The third-order valence-corrected chi connectivity index (χ3v) is 2.68. The van der Waals surface area contributed by atoms with Gasteiger partial charge in [0.25, 0.3) is 0 Å². The first-order valence-corrected chi connectivity index (χ1v) is 5.55. The second-order valence-electron chi connectivity index (χ2n) is 4.07. The van der Waals surface area contributed by atoms with Gasteiger partial charge in [-0.25, -0.2) is 0 Å². The SMILES string of the molecule is Cc1nc(CNCC2CCCNC2)no1. The highest BCUT2D eigenvalue weighted by molar-refractivity contribution is 4.83. The molecule has 1 saturated heterocycles. The average Bonchev–Trinajstić information content (AvgIpc) is 2.66. The van der Waals surface area contributed by atoms with Crippen molar-refractivity contribution in [3.8, 4) is 0 Å². The first-order chi connectivity index (χ1) is 7.34. The van der Waals surface area contributed by atoms with Gasteiger partial charge in [0.05, 0.1) is 6.54 Å². The molecule has 1 aliphatic heterocycles. The molecule has 0 aliphatic carbocycles. The number of rotatable bonds is 4. The number of aryl methyl sites for hydroxylation is 1. The largest absolute Gasteiger partial charge is 0.340 e. The summed E-state index contributed by atoms with van der Waals surface area (Å²) in [5.74, 6) is 2.12. The zero-order valence-corrected chi connectivity index (χ0v) is 9.12. The lowest BCUT2D eigenvalue weighted by molar-refractivity contribution is 0.354. The Balaban J connectivity index is 1.65. The van der Waals surface area contributed by atoms with Gasteiger partial charge in [0, 0.05) is 6.92 Å². The quantitative estimate of drug-likeness (QED) is 0.756. The van der Waals surface area contributed by atoms with E-state index in [2.05, 4.69) is 20.8 Å². The summed E-state index contributed by atoms with van der Waals surface area (Å²) < 4.78 is 4.89. The first kappa shape index (κ1) is 10.6. The van der Waals surface area contributed by atoms with Gasteiger partial charge in [0.15, 0.2) is 5.82 Å². The highest BCUT2D eigenvalue weighted by Crippen LogP contribution is 2.08. The van der Waals surface area contributed by atoms with Crippen LogP contribution in [-0.4, -0.2) is 29.8 Å². The van der Waals surface area contributed by atoms with Gasteiger partial charge in [-0.3, -0.25) is 0 Å². The molecular weight excluding hydrogens is 192 g/mol. The predicted molar refractivity (Wildman–Crippen MR) is 56.3 cm³/mol. The Labute approximate surface area is 89.6 Å². The molecule has 2 rings (SSSR count). The summed E-state index contributed by atoms with van der Waals surface area (Å²) in [7, 11) is 0. The van der Waals surface area contributed by atoms with Crippen molar-refractivity contribution in [1.29, 1.82) is 0 Å². The smallest absolute Gasteiger partial charge is 0.223 e. The molecule has 1 aromatic rings. The van der Waals surface area contributed by atoms with Crippen LogP contribution in [0.4, 0.5) is 0 Å². The topological polar surface area (TPSA) is 63.0 Å². The number of aromatic nitrogens is 2. The summed E-state index contributed by atoms with van der Waals surface area (Å²) >= 11 is 0. The Bertz CT molecular complexity index is 293. The zero-order valence-electron chi connectivity index (χ0n) is 9.12. The minimum Gasteiger partial charge on any atom is -0.340 e. The summed E-state index contributed by atoms with van der Waals surface area (Å²) in [6.07, 6.45) is 2.60. The molecule has 0 radical (unpaired) electrons. The van der Waals surface area contributed by atoms with Crippen molar-refractivity contribution in [3.05, 3.63) is 11.7 Å². The monoisotopic (exact) mass is 210 g/mol. The summed E-state index contributed by atoms with van der Waals surface area (Å²) in [4.78, 5) is 4.14. The standard InChI is InChI=1S/C10H18N4O/c1-8-13-10(14-15-8)7-12-6-9-3-2-4-11-5-9/h9,11-12H,2-7H2,1H3. The van der Waals surface area contributed by atoms with E-state index in [4.69, 9.17) is 4.52 Å². The summed E-state index contributed by atoms with van der Waals surface area (Å²) in [5.41, 5.74) is 0. The molecule has 1 aromatic heterocycles. The lowest BCUT2D eigenvalue weighted by atomic mass is 10.00.